The summed E-state index contributed by atoms with van der Waals surface area (Å²) < 4.78 is 5.44. The van der Waals surface area contributed by atoms with E-state index in [0.29, 0.717) is 6.10 Å². The molecule has 5 unspecified atom stereocenters. The van der Waals surface area contributed by atoms with Crippen LogP contribution in [0.2, 0.25) is 0 Å². The van der Waals surface area contributed by atoms with Gasteiger partial charge in [-0.3, -0.25) is 0 Å². The Kier molecular flexibility index (Phi) is 5.30. The van der Waals surface area contributed by atoms with Crippen LogP contribution in [0.1, 0.15) is 71.6 Å². The van der Waals surface area contributed by atoms with Gasteiger partial charge in [0.05, 0.1) is 11.7 Å². The van der Waals surface area contributed by atoms with Gasteiger partial charge in [0.15, 0.2) is 0 Å². The summed E-state index contributed by atoms with van der Waals surface area (Å²) in [6.07, 6.45) is 11.7. The molecule has 2 nitrogen and oxygen atoms in total. The average Bonchev–Trinajstić information content (AvgIpc) is 2.85. The summed E-state index contributed by atoms with van der Waals surface area (Å²) in [6, 6.07) is 0. The van der Waals surface area contributed by atoms with Gasteiger partial charge < -0.3 is 9.84 Å². The van der Waals surface area contributed by atoms with Crippen LogP contribution in [-0.2, 0) is 4.74 Å². The quantitative estimate of drug-likeness (QED) is 0.703. The molecule has 2 rings (SSSR count). The van der Waals surface area contributed by atoms with Crippen molar-refractivity contribution in [3.63, 3.8) is 0 Å². The third kappa shape index (κ3) is 3.95. The minimum atomic E-state index is -0.364. The Morgan fingerprint density at radius 2 is 2.05 bits per heavy atom. The topological polar surface area (TPSA) is 29.5 Å². The van der Waals surface area contributed by atoms with Crippen molar-refractivity contribution in [2.45, 2.75) is 83.3 Å². The summed E-state index contributed by atoms with van der Waals surface area (Å²) in [5.74, 6) is 2.53. The maximum atomic E-state index is 10.2. The highest BCUT2D eigenvalue weighted by molar-refractivity contribution is 4.98. The molecule has 0 aromatic heterocycles. The molecule has 0 amide bonds. The van der Waals surface area contributed by atoms with E-state index in [2.05, 4.69) is 6.92 Å². The van der Waals surface area contributed by atoms with Crippen LogP contribution in [0.15, 0.2) is 0 Å². The molecule has 19 heavy (non-hydrogen) atoms. The van der Waals surface area contributed by atoms with Crippen molar-refractivity contribution in [2.75, 3.05) is 7.11 Å². The van der Waals surface area contributed by atoms with E-state index < -0.39 is 0 Å². The van der Waals surface area contributed by atoms with Crippen LogP contribution in [-0.4, -0.2) is 23.9 Å². The van der Waals surface area contributed by atoms with Gasteiger partial charge in [-0.15, -0.1) is 0 Å². The van der Waals surface area contributed by atoms with Crippen LogP contribution in [0.5, 0.6) is 0 Å². The SMILES string of the molecule is CCC(CCCCC1CCC2CC(C)(O)CC12)OC. The second kappa shape index (κ2) is 6.58. The Bertz CT molecular complexity index is 270. The van der Waals surface area contributed by atoms with Crippen molar-refractivity contribution in [2.24, 2.45) is 17.8 Å². The van der Waals surface area contributed by atoms with Crippen molar-refractivity contribution in [1.29, 1.82) is 0 Å². The Balaban J connectivity index is 1.67. The Morgan fingerprint density at radius 1 is 1.26 bits per heavy atom. The van der Waals surface area contributed by atoms with Crippen LogP contribution in [0.3, 0.4) is 0 Å². The second-order valence-electron chi connectivity index (χ2n) is 7.22. The molecule has 0 bridgehead atoms. The minimum Gasteiger partial charge on any atom is -0.390 e. The lowest BCUT2D eigenvalue weighted by atomic mass is 9.87. The molecule has 0 heterocycles. The van der Waals surface area contributed by atoms with Crippen molar-refractivity contribution >= 4 is 0 Å². The average molecular weight is 268 g/mol. The monoisotopic (exact) mass is 268 g/mol. The molecule has 1 N–H and O–H groups in total. The third-order valence-electron chi connectivity index (χ3n) is 5.64. The van der Waals surface area contributed by atoms with Gasteiger partial charge in [0.2, 0.25) is 0 Å². The molecule has 2 fully saturated rings. The summed E-state index contributed by atoms with van der Waals surface area (Å²) in [5, 5.41) is 10.2. The van der Waals surface area contributed by atoms with Gasteiger partial charge in [-0.05, 0) is 63.2 Å². The van der Waals surface area contributed by atoms with Gasteiger partial charge in [0, 0.05) is 7.11 Å². The van der Waals surface area contributed by atoms with Crippen molar-refractivity contribution < 1.29 is 9.84 Å². The highest BCUT2D eigenvalue weighted by atomic mass is 16.5. The molecule has 2 heteroatoms. The smallest absolute Gasteiger partial charge is 0.0625 e. The normalized spacial score (nSPS) is 39.5. The van der Waals surface area contributed by atoms with Crippen LogP contribution in [0.25, 0.3) is 0 Å². The molecular weight excluding hydrogens is 236 g/mol. The number of hydrogen-bond donors (Lipinski definition) is 1. The van der Waals surface area contributed by atoms with Crippen LogP contribution in [0, 0.1) is 17.8 Å². The Hall–Kier alpha value is -0.0800. The van der Waals surface area contributed by atoms with Gasteiger partial charge in [-0.1, -0.05) is 26.2 Å². The van der Waals surface area contributed by atoms with Crippen LogP contribution < -0.4 is 0 Å². The first kappa shape index (κ1) is 15.3. The summed E-state index contributed by atoms with van der Waals surface area (Å²) in [5.41, 5.74) is -0.364. The van der Waals surface area contributed by atoms with E-state index in [1.165, 1.54) is 38.5 Å². The highest BCUT2D eigenvalue weighted by Crippen LogP contribution is 2.52. The second-order valence-corrected chi connectivity index (χ2v) is 7.22. The zero-order valence-corrected chi connectivity index (χ0v) is 13.0. The molecular formula is C17H32O2. The zero-order chi connectivity index (χ0) is 13.9. The van der Waals surface area contributed by atoms with Crippen molar-refractivity contribution in [1.82, 2.24) is 0 Å². The first-order valence-electron chi connectivity index (χ1n) is 8.31. The van der Waals surface area contributed by atoms with E-state index in [1.807, 2.05) is 14.0 Å². The van der Waals surface area contributed by atoms with E-state index in [9.17, 15) is 5.11 Å². The first-order chi connectivity index (χ1) is 9.05. The Morgan fingerprint density at radius 3 is 2.74 bits per heavy atom. The van der Waals surface area contributed by atoms with E-state index in [0.717, 1.165) is 37.0 Å². The number of methoxy groups -OCH3 is 1. The predicted molar refractivity (Wildman–Crippen MR) is 79.1 cm³/mol. The summed E-state index contributed by atoms with van der Waals surface area (Å²) >= 11 is 0. The molecule has 0 aromatic rings. The lowest BCUT2D eigenvalue weighted by molar-refractivity contribution is 0.0551. The molecule has 5 atom stereocenters. The Labute approximate surface area is 118 Å². The summed E-state index contributed by atoms with van der Waals surface area (Å²) in [7, 11) is 1.83. The number of rotatable bonds is 7. The van der Waals surface area contributed by atoms with Gasteiger partial charge in [-0.25, -0.2) is 0 Å². The third-order valence-corrected chi connectivity index (χ3v) is 5.64. The molecule has 112 valence electrons. The fraction of sp³-hybridized carbons (Fsp3) is 1.00. The van der Waals surface area contributed by atoms with E-state index >= 15 is 0 Å². The van der Waals surface area contributed by atoms with Gasteiger partial charge in [0.1, 0.15) is 0 Å². The predicted octanol–water partition coefficient (Wildman–Crippen LogP) is 4.16. The molecule has 2 aliphatic carbocycles. The van der Waals surface area contributed by atoms with Gasteiger partial charge in [0.25, 0.3) is 0 Å². The molecule has 2 aliphatic rings. The zero-order valence-electron chi connectivity index (χ0n) is 13.0. The molecule has 0 radical (unpaired) electrons. The first-order valence-corrected chi connectivity index (χ1v) is 8.31. The van der Waals surface area contributed by atoms with Gasteiger partial charge in [-0.2, -0.15) is 0 Å². The van der Waals surface area contributed by atoms with Crippen molar-refractivity contribution in [3.8, 4) is 0 Å². The number of unbranched alkanes of at least 4 members (excludes halogenated alkanes) is 1. The van der Waals surface area contributed by atoms with Gasteiger partial charge >= 0.3 is 0 Å². The number of aliphatic hydroxyl groups is 1. The highest BCUT2D eigenvalue weighted by Gasteiger charge is 2.47. The summed E-state index contributed by atoms with van der Waals surface area (Å²) in [4.78, 5) is 0. The van der Waals surface area contributed by atoms with E-state index in [-0.39, 0.29) is 5.60 Å². The summed E-state index contributed by atoms with van der Waals surface area (Å²) in [6.45, 7) is 4.24. The molecule has 0 saturated heterocycles. The van der Waals surface area contributed by atoms with Crippen molar-refractivity contribution in [3.05, 3.63) is 0 Å². The van der Waals surface area contributed by atoms with Crippen LogP contribution in [0.4, 0.5) is 0 Å². The number of hydrogen-bond acceptors (Lipinski definition) is 2. The minimum absolute atomic E-state index is 0.364. The molecule has 0 aromatic carbocycles. The largest absolute Gasteiger partial charge is 0.390 e. The maximum Gasteiger partial charge on any atom is 0.0625 e. The maximum absolute atomic E-state index is 10.2. The van der Waals surface area contributed by atoms with Crippen LogP contribution >= 0.6 is 0 Å². The van der Waals surface area contributed by atoms with E-state index in [4.69, 9.17) is 4.74 Å². The fourth-order valence-corrected chi connectivity index (χ4v) is 4.61. The molecule has 0 spiro atoms. The standard InChI is InChI=1S/C17H32O2/c1-4-15(19-3)8-6-5-7-13-9-10-14-11-17(2,18)12-16(13)14/h13-16,18H,4-12H2,1-3H3. The number of ether oxygens (including phenoxy) is 1. The number of fused-ring (bicyclic) bond motifs is 1. The lowest BCUT2D eigenvalue weighted by Gasteiger charge is -2.21. The fourth-order valence-electron chi connectivity index (χ4n) is 4.61. The molecule has 0 aliphatic heterocycles. The molecule has 2 saturated carbocycles. The lowest BCUT2D eigenvalue weighted by Crippen LogP contribution is -2.21. The van der Waals surface area contributed by atoms with E-state index in [1.54, 1.807) is 0 Å².